The van der Waals surface area contributed by atoms with Crippen LogP contribution in [0.5, 0.6) is 0 Å². The summed E-state index contributed by atoms with van der Waals surface area (Å²) in [6.07, 6.45) is 5.19. The number of hydrogen-bond donors (Lipinski definition) is 2. The van der Waals surface area contributed by atoms with Crippen LogP contribution in [0.15, 0.2) is 42.9 Å². The molecule has 0 aliphatic carbocycles. The highest BCUT2D eigenvalue weighted by atomic mass is 15.0. The maximum Gasteiger partial charge on any atom is 0.152 e. The molecule has 94 valence electrons. The topological polar surface area (TPSA) is 63.8 Å². The first-order valence-corrected chi connectivity index (χ1v) is 6.11. The Balaban J connectivity index is 1.86. The minimum Gasteiger partial charge on any atom is -0.394 e. The number of rotatable bonds is 5. The summed E-state index contributed by atoms with van der Waals surface area (Å²) in [4.78, 5) is 8.00. The molecule has 0 saturated carbocycles. The Hall–Kier alpha value is -2.10. The number of benzene rings is 1. The van der Waals surface area contributed by atoms with Crippen LogP contribution in [0.25, 0.3) is 0 Å². The minimum atomic E-state index is 0.322. The van der Waals surface area contributed by atoms with Crippen molar-refractivity contribution in [2.75, 3.05) is 11.1 Å². The minimum absolute atomic E-state index is 0.322. The Labute approximate surface area is 107 Å². The Morgan fingerprint density at radius 3 is 2.78 bits per heavy atom. The van der Waals surface area contributed by atoms with Crippen LogP contribution in [-0.4, -0.2) is 16.0 Å². The van der Waals surface area contributed by atoms with Crippen LogP contribution < -0.4 is 11.1 Å². The van der Waals surface area contributed by atoms with Crippen LogP contribution in [0, 0.1) is 0 Å². The third kappa shape index (κ3) is 3.45. The summed E-state index contributed by atoms with van der Waals surface area (Å²) in [6.45, 7) is 2.13. The molecule has 0 aliphatic rings. The van der Waals surface area contributed by atoms with Gasteiger partial charge in [-0.3, -0.25) is 0 Å². The highest BCUT2D eigenvalue weighted by Gasteiger charge is 2.05. The van der Waals surface area contributed by atoms with Gasteiger partial charge in [0.15, 0.2) is 5.82 Å². The average molecular weight is 242 g/mol. The smallest absolute Gasteiger partial charge is 0.152 e. The highest BCUT2D eigenvalue weighted by molar-refractivity contribution is 5.59. The predicted molar refractivity (Wildman–Crippen MR) is 74.3 cm³/mol. The molecule has 0 spiro atoms. The lowest BCUT2D eigenvalue weighted by molar-refractivity contribution is 0.703. The quantitative estimate of drug-likeness (QED) is 0.845. The largest absolute Gasteiger partial charge is 0.394 e. The summed E-state index contributed by atoms with van der Waals surface area (Å²) in [5.41, 5.74) is 7.72. The number of nitrogens with one attached hydrogen (secondary N) is 1. The molecule has 2 rings (SSSR count). The molecule has 0 saturated heterocycles. The maximum absolute atomic E-state index is 5.79. The van der Waals surface area contributed by atoms with Gasteiger partial charge < -0.3 is 11.1 Å². The number of anilines is 2. The monoisotopic (exact) mass is 242 g/mol. The van der Waals surface area contributed by atoms with E-state index in [1.807, 2.05) is 6.07 Å². The van der Waals surface area contributed by atoms with Gasteiger partial charge in [-0.1, -0.05) is 30.3 Å². The van der Waals surface area contributed by atoms with Gasteiger partial charge in [-0.15, -0.1) is 0 Å². The molecule has 1 atom stereocenters. The molecule has 0 radical (unpaired) electrons. The van der Waals surface area contributed by atoms with Gasteiger partial charge in [-0.25, -0.2) is 9.97 Å². The zero-order valence-corrected chi connectivity index (χ0v) is 10.5. The van der Waals surface area contributed by atoms with Crippen LogP contribution in [0.1, 0.15) is 18.9 Å². The molecular weight excluding hydrogens is 224 g/mol. The van der Waals surface area contributed by atoms with E-state index < -0.39 is 0 Å². The van der Waals surface area contributed by atoms with E-state index in [-0.39, 0.29) is 0 Å². The fourth-order valence-electron chi connectivity index (χ4n) is 1.79. The number of aromatic nitrogens is 2. The summed E-state index contributed by atoms with van der Waals surface area (Å²) in [7, 11) is 0. The number of nitrogen functional groups attached to an aromatic ring is 1. The highest BCUT2D eigenvalue weighted by Crippen LogP contribution is 2.14. The zero-order chi connectivity index (χ0) is 12.8. The van der Waals surface area contributed by atoms with E-state index in [9.17, 15) is 0 Å². The first kappa shape index (κ1) is 12.4. The van der Waals surface area contributed by atoms with Crippen molar-refractivity contribution in [2.24, 2.45) is 0 Å². The molecule has 0 amide bonds. The van der Waals surface area contributed by atoms with E-state index in [4.69, 9.17) is 5.73 Å². The van der Waals surface area contributed by atoms with Gasteiger partial charge in [0, 0.05) is 6.04 Å². The molecule has 4 nitrogen and oxygen atoms in total. The van der Waals surface area contributed by atoms with E-state index in [1.54, 1.807) is 6.20 Å². The SMILES string of the molecule is CC(CCc1ccccc1)Nc1ncncc1N. The molecule has 0 bridgehead atoms. The van der Waals surface area contributed by atoms with E-state index in [1.165, 1.54) is 11.9 Å². The molecular formula is C14H18N4. The van der Waals surface area contributed by atoms with Gasteiger partial charge in [-0.05, 0) is 25.3 Å². The molecule has 1 unspecified atom stereocenters. The van der Waals surface area contributed by atoms with Crippen LogP contribution in [0.3, 0.4) is 0 Å². The molecule has 3 N–H and O–H groups in total. The van der Waals surface area contributed by atoms with Crippen LogP contribution in [0.2, 0.25) is 0 Å². The molecule has 1 aromatic heterocycles. The van der Waals surface area contributed by atoms with Crippen molar-refractivity contribution >= 4 is 11.5 Å². The van der Waals surface area contributed by atoms with Gasteiger partial charge in [0.25, 0.3) is 0 Å². The van der Waals surface area contributed by atoms with E-state index in [0.29, 0.717) is 17.5 Å². The van der Waals surface area contributed by atoms with Crippen molar-refractivity contribution in [3.63, 3.8) is 0 Å². The second-order valence-electron chi connectivity index (χ2n) is 4.40. The standard InChI is InChI=1S/C14H18N4/c1-11(7-8-12-5-3-2-4-6-12)18-14-13(15)9-16-10-17-14/h2-6,9-11H,7-8,15H2,1H3,(H,16,17,18). The number of hydrogen-bond acceptors (Lipinski definition) is 4. The Morgan fingerprint density at radius 2 is 2.06 bits per heavy atom. The van der Waals surface area contributed by atoms with Crippen molar-refractivity contribution in [2.45, 2.75) is 25.8 Å². The lowest BCUT2D eigenvalue weighted by Crippen LogP contribution is -2.18. The maximum atomic E-state index is 5.79. The fraction of sp³-hybridized carbons (Fsp3) is 0.286. The van der Waals surface area contributed by atoms with Gasteiger partial charge in [0.05, 0.1) is 11.9 Å². The molecule has 0 aliphatic heterocycles. The van der Waals surface area contributed by atoms with Crippen LogP contribution in [-0.2, 0) is 6.42 Å². The summed E-state index contributed by atoms with van der Waals surface area (Å²) >= 11 is 0. The number of nitrogens with zero attached hydrogens (tertiary/aromatic N) is 2. The van der Waals surface area contributed by atoms with E-state index in [2.05, 4.69) is 46.5 Å². The van der Waals surface area contributed by atoms with Crippen molar-refractivity contribution in [1.29, 1.82) is 0 Å². The average Bonchev–Trinajstić information content (AvgIpc) is 2.40. The summed E-state index contributed by atoms with van der Waals surface area (Å²) in [5.74, 6) is 0.713. The van der Waals surface area contributed by atoms with Gasteiger partial charge in [0.1, 0.15) is 6.33 Å². The number of aryl methyl sites for hydroxylation is 1. The van der Waals surface area contributed by atoms with Crippen molar-refractivity contribution in [3.05, 3.63) is 48.4 Å². The van der Waals surface area contributed by atoms with Crippen molar-refractivity contribution in [1.82, 2.24) is 9.97 Å². The Bertz CT molecular complexity index is 484. The van der Waals surface area contributed by atoms with Crippen LogP contribution >= 0.6 is 0 Å². The van der Waals surface area contributed by atoms with Crippen molar-refractivity contribution in [3.8, 4) is 0 Å². The normalized spacial score (nSPS) is 12.1. The first-order chi connectivity index (χ1) is 8.75. The summed E-state index contributed by atoms with van der Waals surface area (Å²) in [5, 5.41) is 3.30. The van der Waals surface area contributed by atoms with E-state index in [0.717, 1.165) is 12.8 Å². The van der Waals surface area contributed by atoms with Crippen molar-refractivity contribution < 1.29 is 0 Å². The molecule has 0 fully saturated rings. The lowest BCUT2D eigenvalue weighted by Gasteiger charge is -2.15. The molecule has 4 heteroatoms. The second kappa shape index (κ2) is 6.00. The Morgan fingerprint density at radius 1 is 1.28 bits per heavy atom. The summed E-state index contributed by atoms with van der Waals surface area (Å²) < 4.78 is 0. The molecule has 1 aromatic carbocycles. The molecule has 18 heavy (non-hydrogen) atoms. The van der Waals surface area contributed by atoms with E-state index >= 15 is 0 Å². The second-order valence-corrected chi connectivity index (χ2v) is 4.40. The van der Waals surface area contributed by atoms with Gasteiger partial charge >= 0.3 is 0 Å². The third-order valence-electron chi connectivity index (χ3n) is 2.83. The third-order valence-corrected chi connectivity index (χ3v) is 2.83. The molecule has 1 heterocycles. The number of nitrogens with two attached hydrogens (primary N) is 1. The zero-order valence-electron chi connectivity index (χ0n) is 10.5. The summed E-state index contributed by atoms with van der Waals surface area (Å²) in [6, 6.07) is 10.8. The first-order valence-electron chi connectivity index (χ1n) is 6.11. The van der Waals surface area contributed by atoms with Gasteiger partial charge in [-0.2, -0.15) is 0 Å². The predicted octanol–water partition coefficient (Wildman–Crippen LogP) is 2.49. The van der Waals surface area contributed by atoms with Crippen LogP contribution in [0.4, 0.5) is 11.5 Å². The lowest BCUT2D eigenvalue weighted by atomic mass is 10.1. The fourth-order valence-corrected chi connectivity index (χ4v) is 1.79. The van der Waals surface area contributed by atoms with Gasteiger partial charge in [0.2, 0.25) is 0 Å². The molecule has 2 aromatic rings. The Kier molecular flexibility index (Phi) is 4.12.